The molecule has 1 aromatic carbocycles. The van der Waals surface area contributed by atoms with Crippen molar-refractivity contribution in [1.82, 2.24) is 20.4 Å². The Morgan fingerprint density at radius 3 is 2.29 bits per heavy atom. The van der Waals surface area contributed by atoms with Gasteiger partial charge in [-0.1, -0.05) is 35.9 Å². The SMILES string of the molecule is CS(=O)(=O)O.CS(=O)(=O)O.N#C[C@@H]1CCCN1C(=O)CNCCNc1nnc(Cl)c2ccccc12. The Labute approximate surface area is 209 Å². The molecule has 4 N–H and O–H groups in total. The summed E-state index contributed by atoms with van der Waals surface area (Å²) in [5.74, 6) is 0.637. The fourth-order valence-electron chi connectivity index (χ4n) is 2.97. The largest absolute Gasteiger partial charge is 0.367 e. The minimum absolute atomic E-state index is 0.0271. The molecule has 1 aromatic heterocycles. The number of halogens is 1. The molecule has 35 heavy (non-hydrogen) atoms. The first kappa shape index (κ1) is 30.4. The Hall–Kier alpha value is -2.61. The summed E-state index contributed by atoms with van der Waals surface area (Å²) in [6, 6.07) is 9.56. The van der Waals surface area contributed by atoms with Gasteiger partial charge in [-0.3, -0.25) is 13.9 Å². The van der Waals surface area contributed by atoms with Crippen LogP contribution in [0, 0.1) is 11.3 Å². The highest BCUT2D eigenvalue weighted by molar-refractivity contribution is 7.85. The number of benzene rings is 1. The van der Waals surface area contributed by atoms with Crippen LogP contribution in [0.15, 0.2) is 24.3 Å². The van der Waals surface area contributed by atoms with Crippen LogP contribution in [0.3, 0.4) is 0 Å². The van der Waals surface area contributed by atoms with Gasteiger partial charge in [0.05, 0.1) is 25.1 Å². The van der Waals surface area contributed by atoms with Gasteiger partial charge < -0.3 is 15.5 Å². The average Bonchev–Trinajstić information content (AvgIpc) is 3.22. The van der Waals surface area contributed by atoms with E-state index in [1.54, 1.807) is 4.90 Å². The molecular formula is C19H27ClN6O7S2. The number of aromatic nitrogens is 2. The van der Waals surface area contributed by atoms with Crippen LogP contribution in [-0.2, 0) is 25.0 Å². The average molecular weight is 551 g/mol. The van der Waals surface area contributed by atoms with Crippen LogP contribution in [0.1, 0.15) is 12.8 Å². The molecule has 0 bridgehead atoms. The highest BCUT2D eigenvalue weighted by Gasteiger charge is 2.27. The van der Waals surface area contributed by atoms with E-state index < -0.39 is 20.2 Å². The predicted molar refractivity (Wildman–Crippen MR) is 131 cm³/mol. The zero-order chi connectivity index (χ0) is 26.6. The summed E-state index contributed by atoms with van der Waals surface area (Å²) in [4.78, 5) is 13.8. The molecule has 1 aliphatic rings. The van der Waals surface area contributed by atoms with E-state index in [2.05, 4.69) is 26.9 Å². The van der Waals surface area contributed by atoms with Crippen molar-refractivity contribution >= 4 is 54.3 Å². The van der Waals surface area contributed by atoms with Crippen molar-refractivity contribution < 1.29 is 30.7 Å². The van der Waals surface area contributed by atoms with Gasteiger partial charge in [0, 0.05) is 30.4 Å². The lowest BCUT2D eigenvalue weighted by Crippen LogP contribution is -2.41. The second-order valence-corrected chi connectivity index (χ2v) is 10.6. The van der Waals surface area contributed by atoms with E-state index in [1.807, 2.05) is 24.3 Å². The van der Waals surface area contributed by atoms with E-state index in [0.29, 0.717) is 43.1 Å². The number of amides is 1. The van der Waals surface area contributed by atoms with Crippen LogP contribution in [-0.4, -0.2) is 91.7 Å². The van der Waals surface area contributed by atoms with Gasteiger partial charge in [-0.2, -0.15) is 22.1 Å². The molecular weight excluding hydrogens is 524 g/mol. The Morgan fingerprint density at radius 2 is 1.71 bits per heavy atom. The van der Waals surface area contributed by atoms with E-state index in [0.717, 1.165) is 23.6 Å². The molecule has 2 heterocycles. The maximum atomic E-state index is 12.1. The maximum Gasteiger partial charge on any atom is 0.261 e. The molecule has 1 amide bonds. The fraction of sp³-hybridized carbons (Fsp3) is 0.474. The fourth-order valence-corrected chi connectivity index (χ4v) is 3.17. The maximum absolute atomic E-state index is 12.1. The second-order valence-electron chi connectivity index (χ2n) is 7.33. The molecule has 16 heteroatoms. The van der Waals surface area contributed by atoms with Gasteiger partial charge in [0.2, 0.25) is 5.91 Å². The molecule has 13 nitrogen and oxygen atoms in total. The molecule has 1 saturated heterocycles. The van der Waals surface area contributed by atoms with Gasteiger partial charge in [0.1, 0.15) is 6.04 Å². The van der Waals surface area contributed by atoms with Crippen LogP contribution < -0.4 is 10.6 Å². The number of nitrogens with one attached hydrogen (secondary N) is 2. The van der Waals surface area contributed by atoms with Gasteiger partial charge in [-0.25, -0.2) is 0 Å². The van der Waals surface area contributed by atoms with Crippen LogP contribution in [0.2, 0.25) is 5.15 Å². The van der Waals surface area contributed by atoms with Crippen molar-refractivity contribution in [1.29, 1.82) is 5.26 Å². The third-order valence-corrected chi connectivity index (χ3v) is 4.51. The van der Waals surface area contributed by atoms with Crippen LogP contribution in [0.4, 0.5) is 5.82 Å². The monoisotopic (exact) mass is 550 g/mol. The molecule has 0 aliphatic carbocycles. The van der Waals surface area contributed by atoms with Crippen LogP contribution in [0.5, 0.6) is 0 Å². The number of anilines is 1. The Balaban J connectivity index is 0.000000519. The topological polar surface area (TPSA) is 203 Å². The number of nitriles is 1. The molecule has 0 radical (unpaired) electrons. The summed E-state index contributed by atoms with van der Waals surface area (Å²) in [7, 11) is -7.33. The van der Waals surface area contributed by atoms with Gasteiger partial charge in [-0.15, -0.1) is 10.2 Å². The van der Waals surface area contributed by atoms with Crippen molar-refractivity contribution in [2.24, 2.45) is 0 Å². The van der Waals surface area contributed by atoms with Crippen molar-refractivity contribution in [2.75, 3.05) is 44.0 Å². The number of rotatable bonds is 6. The quantitative estimate of drug-likeness (QED) is 0.291. The number of carbonyl (C=O) groups is 1. The van der Waals surface area contributed by atoms with Crippen molar-refractivity contribution in [2.45, 2.75) is 18.9 Å². The summed E-state index contributed by atoms with van der Waals surface area (Å²) in [6.45, 7) is 2.08. The summed E-state index contributed by atoms with van der Waals surface area (Å²) in [5.41, 5.74) is 0. The molecule has 0 unspecified atom stereocenters. The van der Waals surface area contributed by atoms with Crippen molar-refractivity contribution in [3.63, 3.8) is 0 Å². The molecule has 3 rings (SSSR count). The van der Waals surface area contributed by atoms with Gasteiger partial charge in [0.25, 0.3) is 20.2 Å². The highest BCUT2D eigenvalue weighted by atomic mass is 35.5. The van der Waals surface area contributed by atoms with Gasteiger partial charge in [0.15, 0.2) is 11.0 Å². The number of carbonyl (C=O) groups excluding carboxylic acids is 1. The van der Waals surface area contributed by atoms with Crippen LogP contribution >= 0.6 is 11.6 Å². The summed E-state index contributed by atoms with van der Waals surface area (Å²) in [5, 5.41) is 25.5. The summed E-state index contributed by atoms with van der Waals surface area (Å²) in [6.07, 6.45) is 3.10. The van der Waals surface area contributed by atoms with E-state index >= 15 is 0 Å². The third-order valence-electron chi connectivity index (χ3n) is 4.23. The van der Waals surface area contributed by atoms with Gasteiger partial charge >= 0.3 is 0 Å². The lowest BCUT2D eigenvalue weighted by atomic mass is 10.2. The number of fused-ring (bicyclic) bond motifs is 1. The van der Waals surface area contributed by atoms with Crippen molar-refractivity contribution in [3.8, 4) is 6.07 Å². The standard InChI is InChI=1S/C17H19ClN6O.2CH4O3S/c18-16-13-5-1-2-6-14(13)17(23-22-16)21-8-7-20-11-15(25)24-9-3-4-12(24)10-19;2*1-5(2,3)4/h1-2,5-6,12,20H,3-4,7-9,11H2,(H,21,23);2*1H3,(H,2,3,4)/t12-;;/m0../s1. The zero-order valence-corrected chi connectivity index (χ0v) is 21.4. The summed E-state index contributed by atoms with van der Waals surface area (Å²) >= 11 is 6.05. The zero-order valence-electron chi connectivity index (χ0n) is 19.0. The predicted octanol–water partition coefficient (Wildman–Crippen LogP) is 0.807. The lowest BCUT2D eigenvalue weighted by Gasteiger charge is -2.19. The molecule has 2 aromatic rings. The smallest absolute Gasteiger partial charge is 0.261 e. The number of likely N-dealkylation sites (tertiary alicyclic amines) is 1. The first-order chi connectivity index (χ1) is 16.2. The second kappa shape index (κ2) is 14.1. The highest BCUT2D eigenvalue weighted by Crippen LogP contribution is 2.25. The first-order valence-electron chi connectivity index (χ1n) is 10.1. The molecule has 0 spiro atoms. The third kappa shape index (κ3) is 13.2. The van der Waals surface area contributed by atoms with Crippen molar-refractivity contribution in [3.05, 3.63) is 29.4 Å². The number of nitrogens with zero attached hydrogens (tertiary/aromatic N) is 4. The van der Waals surface area contributed by atoms with E-state index in [1.165, 1.54) is 0 Å². The molecule has 0 saturated carbocycles. The van der Waals surface area contributed by atoms with E-state index in [9.17, 15) is 21.6 Å². The Kier molecular flexibility index (Phi) is 12.2. The Bertz CT molecular complexity index is 1210. The number of hydrogen-bond acceptors (Lipinski definition) is 10. The van der Waals surface area contributed by atoms with E-state index in [4.69, 9.17) is 26.0 Å². The normalized spacial score (nSPS) is 15.3. The minimum Gasteiger partial charge on any atom is -0.367 e. The molecule has 1 atom stereocenters. The van der Waals surface area contributed by atoms with Crippen LogP contribution in [0.25, 0.3) is 10.8 Å². The molecule has 194 valence electrons. The minimum atomic E-state index is -3.67. The number of hydrogen-bond donors (Lipinski definition) is 4. The Morgan fingerprint density at radius 1 is 1.14 bits per heavy atom. The van der Waals surface area contributed by atoms with E-state index in [-0.39, 0.29) is 18.5 Å². The van der Waals surface area contributed by atoms with Gasteiger partial charge in [-0.05, 0) is 12.8 Å². The lowest BCUT2D eigenvalue weighted by molar-refractivity contribution is -0.130. The molecule has 1 aliphatic heterocycles. The first-order valence-corrected chi connectivity index (χ1v) is 14.2. The molecule has 1 fully saturated rings. The summed E-state index contributed by atoms with van der Waals surface area (Å²) < 4.78 is 51.7.